The first-order chi connectivity index (χ1) is 11.2. The molecule has 0 aromatic carbocycles. The minimum Gasteiger partial charge on any atom is -0.369 e. The van der Waals surface area contributed by atoms with Crippen molar-refractivity contribution in [2.75, 3.05) is 11.2 Å². The molecule has 0 bridgehead atoms. The highest BCUT2D eigenvalue weighted by Gasteiger charge is 2.39. The molecule has 1 atom stereocenters. The van der Waals surface area contributed by atoms with Gasteiger partial charge in [0.2, 0.25) is 15.0 Å². The topological polar surface area (TPSA) is 100 Å². The van der Waals surface area contributed by atoms with Gasteiger partial charge in [0.1, 0.15) is 5.82 Å². The fraction of sp³-hybridized carbons (Fsp3) is 0.562. The number of Topliss-reactive ketones (excluding diaryl/α,β-unsaturated/α-hetero) is 1. The third-order valence-electron chi connectivity index (χ3n) is 4.75. The van der Waals surface area contributed by atoms with Crippen LogP contribution in [0.25, 0.3) is 5.57 Å². The van der Waals surface area contributed by atoms with Gasteiger partial charge in [-0.25, -0.2) is 18.4 Å². The number of aliphatic hydroxyl groups is 1. The molecule has 1 unspecified atom stereocenters. The zero-order valence-electron chi connectivity index (χ0n) is 14.0. The molecule has 1 aromatic rings. The fourth-order valence-corrected chi connectivity index (χ4v) is 4.09. The van der Waals surface area contributed by atoms with E-state index >= 15 is 0 Å². The Morgan fingerprint density at radius 3 is 2.50 bits per heavy atom. The summed E-state index contributed by atoms with van der Waals surface area (Å²) in [7, 11) is -3.56. The van der Waals surface area contributed by atoms with Crippen molar-refractivity contribution in [1.82, 2.24) is 9.97 Å². The van der Waals surface area contributed by atoms with Crippen LogP contribution in [0.5, 0.6) is 0 Å². The van der Waals surface area contributed by atoms with Crippen LogP contribution in [0, 0.1) is 0 Å². The Balaban J connectivity index is 2.24. The van der Waals surface area contributed by atoms with Crippen molar-refractivity contribution in [2.45, 2.75) is 57.0 Å². The first-order valence-electron chi connectivity index (χ1n) is 7.97. The van der Waals surface area contributed by atoms with Gasteiger partial charge in [-0.2, -0.15) is 0 Å². The molecule has 3 rings (SSSR count). The predicted molar refractivity (Wildman–Crippen MR) is 89.2 cm³/mol. The lowest BCUT2D eigenvalue weighted by atomic mass is 9.93. The maximum atomic E-state index is 12.0. The average molecular weight is 351 g/mol. The summed E-state index contributed by atoms with van der Waals surface area (Å²) < 4.78 is 23.6. The van der Waals surface area contributed by atoms with E-state index in [4.69, 9.17) is 0 Å². The minimum atomic E-state index is -3.56. The summed E-state index contributed by atoms with van der Waals surface area (Å²) in [6, 6.07) is 0.0310. The lowest BCUT2D eigenvalue weighted by Gasteiger charge is -2.40. The molecule has 1 fully saturated rings. The van der Waals surface area contributed by atoms with Crippen LogP contribution in [0.3, 0.4) is 0 Å². The van der Waals surface area contributed by atoms with Gasteiger partial charge < -0.3 is 10.0 Å². The summed E-state index contributed by atoms with van der Waals surface area (Å²) in [5.41, 5.74) is 1.52. The third-order valence-corrected chi connectivity index (χ3v) is 5.61. The lowest BCUT2D eigenvalue weighted by Crippen LogP contribution is -2.47. The summed E-state index contributed by atoms with van der Waals surface area (Å²) in [5.74, 6) is 0.188. The van der Waals surface area contributed by atoms with Gasteiger partial charge in [-0.1, -0.05) is 12.8 Å². The van der Waals surface area contributed by atoms with Crippen molar-refractivity contribution < 1.29 is 18.3 Å². The highest BCUT2D eigenvalue weighted by Crippen LogP contribution is 2.40. The largest absolute Gasteiger partial charge is 0.369 e. The highest BCUT2D eigenvalue weighted by atomic mass is 32.2. The number of carbonyl (C=O) groups excluding carboxylic acids is 1. The van der Waals surface area contributed by atoms with Gasteiger partial charge in [0, 0.05) is 29.6 Å². The maximum absolute atomic E-state index is 12.0. The van der Waals surface area contributed by atoms with Crippen molar-refractivity contribution in [3.05, 3.63) is 17.3 Å². The van der Waals surface area contributed by atoms with Crippen molar-refractivity contribution in [2.24, 2.45) is 0 Å². The van der Waals surface area contributed by atoms with Crippen molar-refractivity contribution >= 4 is 27.0 Å². The first-order valence-corrected chi connectivity index (χ1v) is 9.86. The van der Waals surface area contributed by atoms with Crippen molar-refractivity contribution in [1.29, 1.82) is 0 Å². The Morgan fingerprint density at radius 2 is 1.96 bits per heavy atom. The second-order valence-corrected chi connectivity index (χ2v) is 8.39. The SMILES string of the molecule is CC(=O)C1=C(C)c2cnc(S(C)(=O)=O)nc2N(C2CCCC2)C1O. The molecule has 1 N–H and O–H groups in total. The first kappa shape index (κ1) is 17.0. The minimum absolute atomic E-state index is 0.0310. The second-order valence-electron chi connectivity index (χ2n) is 6.48. The van der Waals surface area contributed by atoms with Gasteiger partial charge >= 0.3 is 0 Å². The Bertz CT molecular complexity index is 826. The Labute approximate surface area is 141 Å². The molecule has 0 saturated heterocycles. The predicted octanol–water partition coefficient (Wildman–Crippen LogP) is 1.32. The van der Waals surface area contributed by atoms with Crippen LogP contribution in [0.4, 0.5) is 5.82 Å². The van der Waals surface area contributed by atoms with Crippen LogP contribution in [-0.2, 0) is 14.6 Å². The van der Waals surface area contributed by atoms with E-state index in [2.05, 4.69) is 9.97 Å². The molecule has 1 aromatic heterocycles. The molecule has 1 saturated carbocycles. The second kappa shape index (κ2) is 5.93. The number of anilines is 1. The number of carbonyl (C=O) groups is 1. The van der Waals surface area contributed by atoms with Gasteiger partial charge in [-0.15, -0.1) is 0 Å². The number of allylic oxidation sites excluding steroid dienone is 1. The third kappa shape index (κ3) is 2.73. The van der Waals surface area contributed by atoms with Crippen LogP contribution < -0.4 is 4.90 Å². The number of nitrogens with zero attached hydrogens (tertiary/aromatic N) is 3. The molecule has 1 aliphatic heterocycles. The van der Waals surface area contributed by atoms with Crippen LogP contribution in [0.1, 0.15) is 45.1 Å². The van der Waals surface area contributed by atoms with Crippen LogP contribution in [0.2, 0.25) is 0 Å². The van der Waals surface area contributed by atoms with Crippen LogP contribution in [0.15, 0.2) is 16.9 Å². The molecule has 2 aliphatic rings. The Kier molecular flexibility index (Phi) is 4.21. The number of rotatable bonds is 3. The maximum Gasteiger partial charge on any atom is 0.248 e. The molecule has 130 valence electrons. The Hall–Kier alpha value is -1.80. The van der Waals surface area contributed by atoms with Crippen molar-refractivity contribution in [3.63, 3.8) is 0 Å². The summed E-state index contributed by atoms with van der Waals surface area (Å²) in [6.45, 7) is 3.15. The zero-order chi connectivity index (χ0) is 17.6. The molecule has 0 spiro atoms. The summed E-state index contributed by atoms with van der Waals surface area (Å²) >= 11 is 0. The normalized spacial score (nSPS) is 22.0. The number of hydrogen-bond donors (Lipinski definition) is 1. The molecule has 2 heterocycles. The molecular formula is C16H21N3O4S. The van der Waals surface area contributed by atoms with Gasteiger partial charge in [0.05, 0.1) is 0 Å². The number of hydrogen-bond acceptors (Lipinski definition) is 7. The molecular weight excluding hydrogens is 330 g/mol. The standard InChI is InChI=1S/C16H21N3O4S/c1-9-12-8-17-16(24(3,22)23)18-14(12)19(11-6-4-5-7-11)15(21)13(9)10(2)20/h8,11,15,21H,4-7H2,1-3H3. The number of aromatic nitrogens is 2. The van der Waals surface area contributed by atoms with E-state index in [9.17, 15) is 18.3 Å². The van der Waals surface area contributed by atoms with E-state index in [-0.39, 0.29) is 17.0 Å². The molecule has 8 heteroatoms. The summed E-state index contributed by atoms with van der Waals surface area (Å²) in [4.78, 5) is 21.9. The fourth-order valence-electron chi connectivity index (χ4n) is 3.59. The van der Waals surface area contributed by atoms with E-state index in [0.29, 0.717) is 22.5 Å². The zero-order valence-corrected chi connectivity index (χ0v) is 14.8. The number of sulfone groups is 1. The van der Waals surface area contributed by atoms with Gasteiger partial charge in [-0.3, -0.25) is 4.79 Å². The van der Waals surface area contributed by atoms with E-state index in [1.165, 1.54) is 13.1 Å². The van der Waals surface area contributed by atoms with Gasteiger partial charge in [0.25, 0.3) is 0 Å². The van der Waals surface area contributed by atoms with Crippen molar-refractivity contribution in [3.8, 4) is 0 Å². The van der Waals surface area contributed by atoms with E-state index in [1.807, 2.05) is 0 Å². The summed E-state index contributed by atoms with van der Waals surface area (Å²) in [5, 5.41) is 10.5. The number of ketones is 1. The van der Waals surface area contributed by atoms with E-state index in [0.717, 1.165) is 31.9 Å². The number of aliphatic hydroxyl groups excluding tert-OH is 1. The van der Waals surface area contributed by atoms with Crippen LogP contribution in [-0.4, -0.2) is 47.8 Å². The van der Waals surface area contributed by atoms with E-state index in [1.54, 1.807) is 11.8 Å². The quantitative estimate of drug-likeness (QED) is 0.820. The highest BCUT2D eigenvalue weighted by molar-refractivity contribution is 7.90. The van der Waals surface area contributed by atoms with E-state index < -0.39 is 16.1 Å². The van der Waals surface area contributed by atoms with Crippen LogP contribution >= 0.6 is 0 Å². The molecule has 1 aliphatic carbocycles. The molecule has 0 radical (unpaired) electrons. The van der Waals surface area contributed by atoms with Gasteiger partial charge in [0.15, 0.2) is 12.0 Å². The Morgan fingerprint density at radius 1 is 1.33 bits per heavy atom. The molecule has 0 amide bonds. The monoisotopic (exact) mass is 351 g/mol. The van der Waals surface area contributed by atoms with Gasteiger partial charge in [-0.05, 0) is 32.3 Å². The smallest absolute Gasteiger partial charge is 0.248 e. The lowest BCUT2D eigenvalue weighted by molar-refractivity contribution is -0.114. The summed E-state index contributed by atoms with van der Waals surface area (Å²) in [6.07, 6.45) is 5.19. The molecule has 7 nitrogen and oxygen atoms in total. The average Bonchev–Trinajstić information content (AvgIpc) is 2.99. The molecule has 24 heavy (non-hydrogen) atoms. The number of fused-ring (bicyclic) bond motifs is 1.